The molecule has 6 nitrogen and oxygen atoms in total. The highest BCUT2D eigenvalue weighted by Crippen LogP contribution is 2.48. The van der Waals surface area contributed by atoms with Gasteiger partial charge >= 0.3 is 5.97 Å². The topological polar surface area (TPSA) is 73.9 Å². The van der Waals surface area contributed by atoms with E-state index in [1.807, 2.05) is 43.3 Å². The van der Waals surface area contributed by atoms with Crippen molar-refractivity contribution in [2.75, 3.05) is 20.8 Å². The summed E-state index contributed by atoms with van der Waals surface area (Å²) in [6.45, 7) is 3.84. The van der Waals surface area contributed by atoms with Crippen LogP contribution in [0.2, 0.25) is 0 Å². The fourth-order valence-electron chi connectivity index (χ4n) is 4.25. The molecule has 0 bridgehead atoms. The average Bonchev–Trinajstić information content (AvgIpc) is 3.04. The van der Waals surface area contributed by atoms with Crippen LogP contribution < -0.4 is 14.8 Å². The van der Waals surface area contributed by atoms with Crippen LogP contribution in [0.15, 0.2) is 53.2 Å². The monoisotopic (exact) mass is 531 g/mol. The number of carbonyl (C=O) groups is 2. The van der Waals surface area contributed by atoms with E-state index in [1.54, 1.807) is 21.1 Å². The van der Waals surface area contributed by atoms with Crippen molar-refractivity contribution in [3.8, 4) is 11.5 Å². The molecule has 7 heteroatoms. The number of dihydropyridines is 1. The van der Waals surface area contributed by atoms with Crippen LogP contribution in [0.1, 0.15) is 41.3 Å². The average molecular weight is 531 g/mol. The summed E-state index contributed by atoms with van der Waals surface area (Å²) in [6, 6.07) is 11.2. The normalized spacial score (nSPS) is 17.2. The summed E-state index contributed by atoms with van der Waals surface area (Å²) in [5, 5.41) is 3.30. The number of Topliss-reactive ketones (excluding diaryl/α,β-unsaturated/α-hetero) is 1. The van der Waals surface area contributed by atoms with Gasteiger partial charge in [0, 0.05) is 28.3 Å². The smallest absolute Gasteiger partial charge is 0.336 e. The second-order valence-electron chi connectivity index (χ2n) is 7.22. The Morgan fingerprint density at radius 3 is 2.48 bits per heavy atom. The third-order valence-corrected chi connectivity index (χ3v) is 6.33. The highest BCUT2D eigenvalue weighted by Gasteiger charge is 2.43. The molecule has 160 valence electrons. The van der Waals surface area contributed by atoms with Gasteiger partial charge in [0.25, 0.3) is 0 Å². The van der Waals surface area contributed by atoms with Crippen molar-refractivity contribution < 1.29 is 23.8 Å². The first-order valence-electron chi connectivity index (χ1n) is 9.87. The van der Waals surface area contributed by atoms with E-state index in [4.69, 9.17) is 14.2 Å². The van der Waals surface area contributed by atoms with Crippen LogP contribution in [0.4, 0.5) is 0 Å². The van der Waals surface area contributed by atoms with Crippen molar-refractivity contribution in [1.29, 1.82) is 0 Å². The van der Waals surface area contributed by atoms with Gasteiger partial charge in [-0.3, -0.25) is 4.79 Å². The molecule has 1 N–H and O–H groups in total. The lowest BCUT2D eigenvalue weighted by atomic mass is 9.79. The molecule has 0 saturated carbocycles. The molecule has 2 aromatic rings. The van der Waals surface area contributed by atoms with Gasteiger partial charge in [-0.15, -0.1) is 0 Å². The molecule has 0 aromatic heterocycles. The predicted octanol–water partition coefficient (Wildman–Crippen LogP) is 4.44. The minimum atomic E-state index is -0.594. The van der Waals surface area contributed by atoms with Crippen molar-refractivity contribution in [2.45, 2.75) is 19.8 Å². The maximum absolute atomic E-state index is 13.5. The van der Waals surface area contributed by atoms with Crippen molar-refractivity contribution in [1.82, 2.24) is 5.32 Å². The molecule has 0 saturated heterocycles. The molecular formula is C24H22INO5. The van der Waals surface area contributed by atoms with Gasteiger partial charge in [-0.2, -0.15) is 0 Å². The number of fused-ring (bicyclic) bond motifs is 2. The number of ether oxygens (including phenoxy) is 3. The van der Waals surface area contributed by atoms with Crippen LogP contribution in [-0.4, -0.2) is 32.6 Å². The SMILES string of the molecule is CCOC(=O)C1=C(C)NC2=C(C(=O)c3ccccc32)[C@H]1c1cc(I)c(OC)c(OC)c1. The molecule has 0 radical (unpaired) electrons. The van der Waals surface area contributed by atoms with Gasteiger partial charge in [-0.25, -0.2) is 4.79 Å². The van der Waals surface area contributed by atoms with E-state index in [-0.39, 0.29) is 12.4 Å². The molecule has 1 aliphatic heterocycles. The summed E-state index contributed by atoms with van der Waals surface area (Å²) in [7, 11) is 3.14. The third kappa shape index (κ3) is 3.40. The summed E-state index contributed by atoms with van der Waals surface area (Å²) in [5.74, 6) is 0.00614. The third-order valence-electron chi connectivity index (χ3n) is 5.53. The zero-order chi connectivity index (χ0) is 22.3. The highest BCUT2D eigenvalue weighted by molar-refractivity contribution is 14.1. The molecule has 0 fully saturated rings. The molecule has 0 amide bonds. The number of allylic oxidation sites excluding steroid dienone is 2. The highest BCUT2D eigenvalue weighted by atomic mass is 127. The van der Waals surface area contributed by atoms with Crippen LogP contribution in [0, 0.1) is 3.57 Å². The Hall–Kier alpha value is -2.81. The van der Waals surface area contributed by atoms with Gasteiger partial charge in [-0.05, 0) is 54.1 Å². The maximum atomic E-state index is 13.5. The Bertz CT molecular complexity index is 1160. The Kier molecular flexibility index (Phi) is 5.79. The molecule has 1 aliphatic carbocycles. The van der Waals surface area contributed by atoms with Crippen LogP contribution >= 0.6 is 22.6 Å². The number of methoxy groups -OCH3 is 2. The van der Waals surface area contributed by atoms with Crippen molar-refractivity contribution in [2.24, 2.45) is 0 Å². The molecule has 1 heterocycles. The summed E-state index contributed by atoms with van der Waals surface area (Å²) >= 11 is 2.17. The Morgan fingerprint density at radius 2 is 1.84 bits per heavy atom. The van der Waals surface area contributed by atoms with E-state index >= 15 is 0 Å². The number of halogens is 1. The number of esters is 1. The maximum Gasteiger partial charge on any atom is 0.336 e. The summed E-state index contributed by atoms with van der Waals surface area (Å²) in [6.07, 6.45) is 0. The van der Waals surface area contributed by atoms with Crippen LogP contribution in [0.25, 0.3) is 5.70 Å². The zero-order valence-corrected chi connectivity index (χ0v) is 19.8. The van der Waals surface area contributed by atoms with Gasteiger partial charge in [0.1, 0.15) is 0 Å². The number of hydrogen-bond donors (Lipinski definition) is 1. The summed E-state index contributed by atoms with van der Waals surface area (Å²) in [4.78, 5) is 26.5. The van der Waals surface area contributed by atoms with Crippen molar-refractivity contribution in [3.05, 3.63) is 73.5 Å². The number of benzene rings is 2. The van der Waals surface area contributed by atoms with Crippen molar-refractivity contribution >= 4 is 40.0 Å². The minimum Gasteiger partial charge on any atom is -0.493 e. The molecule has 2 aromatic carbocycles. The van der Waals surface area contributed by atoms with E-state index in [0.29, 0.717) is 33.9 Å². The number of hydrogen-bond acceptors (Lipinski definition) is 6. The second-order valence-corrected chi connectivity index (χ2v) is 8.38. The predicted molar refractivity (Wildman–Crippen MR) is 125 cm³/mol. The lowest BCUT2D eigenvalue weighted by molar-refractivity contribution is -0.138. The van der Waals surface area contributed by atoms with Crippen LogP contribution in [-0.2, 0) is 9.53 Å². The largest absolute Gasteiger partial charge is 0.493 e. The fraction of sp³-hybridized carbons (Fsp3) is 0.250. The fourth-order valence-corrected chi connectivity index (χ4v) is 5.09. The van der Waals surface area contributed by atoms with E-state index in [9.17, 15) is 9.59 Å². The summed E-state index contributed by atoms with van der Waals surface area (Å²) < 4.78 is 17.2. The zero-order valence-electron chi connectivity index (χ0n) is 17.7. The number of nitrogens with one attached hydrogen (secondary N) is 1. The standard InChI is InChI=1S/C24H22INO5/c1-5-31-24(28)18-12(2)26-21-14-8-6-7-9-15(14)22(27)20(21)19(18)13-10-16(25)23(30-4)17(11-13)29-3/h6-11,19,26H,5H2,1-4H3/t19-/m0/s1. The van der Waals surface area contributed by atoms with E-state index < -0.39 is 11.9 Å². The number of carbonyl (C=O) groups excluding carboxylic acids is 2. The van der Waals surface area contributed by atoms with E-state index in [0.717, 1.165) is 20.4 Å². The van der Waals surface area contributed by atoms with Crippen molar-refractivity contribution in [3.63, 3.8) is 0 Å². The molecule has 4 rings (SSSR count). The number of ketones is 1. The van der Waals surface area contributed by atoms with Gasteiger partial charge < -0.3 is 19.5 Å². The Labute approximate surface area is 194 Å². The minimum absolute atomic E-state index is 0.0952. The molecule has 31 heavy (non-hydrogen) atoms. The molecule has 2 aliphatic rings. The lowest BCUT2D eigenvalue weighted by Crippen LogP contribution is -2.29. The van der Waals surface area contributed by atoms with Gasteiger partial charge in [0.05, 0.1) is 35.7 Å². The first kappa shape index (κ1) is 21.4. The van der Waals surface area contributed by atoms with Crippen LogP contribution in [0.5, 0.6) is 11.5 Å². The second kappa shape index (κ2) is 8.37. The lowest BCUT2D eigenvalue weighted by Gasteiger charge is -2.29. The number of rotatable bonds is 5. The molecule has 0 spiro atoms. The molecule has 0 unspecified atom stereocenters. The first-order chi connectivity index (χ1) is 14.9. The van der Waals surface area contributed by atoms with Gasteiger partial charge in [0.2, 0.25) is 0 Å². The van der Waals surface area contributed by atoms with E-state index in [2.05, 4.69) is 27.9 Å². The molecular weight excluding hydrogens is 509 g/mol. The Balaban J connectivity index is 1.97. The van der Waals surface area contributed by atoms with Gasteiger partial charge in [0.15, 0.2) is 17.3 Å². The van der Waals surface area contributed by atoms with Crippen LogP contribution in [0.3, 0.4) is 0 Å². The van der Waals surface area contributed by atoms with Gasteiger partial charge in [-0.1, -0.05) is 24.3 Å². The summed E-state index contributed by atoms with van der Waals surface area (Å²) in [5.41, 5.74) is 4.59. The first-order valence-corrected chi connectivity index (χ1v) is 10.9. The van der Waals surface area contributed by atoms with E-state index in [1.165, 1.54) is 0 Å². The molecule has 1 atom stereocenters. The quantitative estimate of drug-likeness (QED) is 0.455. The Morgan fingerprint density at radius 1 is 1.13 bits per heavy atom.